The number of hydrogen-bond acceptors (Lipinski definition) is 3. The molecule has 0 atom stereocenters. The largest absolute Gasteiger partial charge is 0.468 e. The molecule has 0 radical (unpaired) electrons. The Morgan fingerprint density at radius 3 is 2.71 bits per heavy atom. The maximum Gasteiger partial charge on any atom is 0.123 e. The highest BCUT2D eigenvalue weighted by Crippen LogP contribution is 2.34. The highest BCUT2D eigenvalue weighted by molar-refractivity contribution is 7.99. The van der Waals surface area contributed by atoms with Gasteiger partial charge < -0.3 is 10.2 Å². The third-order valence-electron chi connectivity index (χ3n) is 2.26. The van der Waals surface area contributed by atoms with Gasteiger partial charge in [-0.05, 0) is 31.2 Å². The first-order valence-corrected chi connectivity index (χ1v) is 6.13. The van der Waals surface area contributed by atoms with Gasteiger partial charge in [-0.3, -0.25) is 5.41 Å². The Morgan fingerprint density at radius 1 is 1.35 bits per heavy atom. The third-order valence-corrected chi connectivity index (χ3v) is 3.70. The van der Waals surface area contributed by atoms with E-state index in [0.29, 0.717) is 10.6 Å². The highest BCUT2D eigenvalue weighted by Gasteiger charge is 2.10. The summed E-state index contributed by atoms with van der Waals surface area (Å²) in [5.41, 5.74) is 6.22. The molecule has 1 heterocycles. The van der Waals surface area contributed by atoms with Gasteiger partial charge in [0.15, 0.2) is 0 Å². The molecule has 0 aliphatic heterocycles. The van der Waals surface area contributed by atoms with Crippen molar-refractivity contribution in [2.45, 2.75) is 16.7 Å². The van der Waals surface area contributed by atoms with Crippen molar-refractivity contribution in [3.8, 4) is 0 Å². The Hall–Kier alpha value is -1.39. The fraction of sp³-hybridized carbons (Fsp3) is 0.0833. The summed E-state index contributed by atoms with van der Waals surface area (Å²) in [6, 6.07) is 7.16. The van der Waals surface area contributed by atoms with E-state index in [2.05, 4.69) is 0 Å². The zero-order chi connectivity index (χ0) is 12.4. The van der Waals surface area contributed by atoms with Crippen LogP contribution in [-0.4, -0.2) is 5.84 Å². The van der Waals surface area contributed by atoms with Gasteiger partial charge in [0.1, 0.15) is 11.6 Å². The number of nitrogens with two attached hydrogens (primary N) is 1. The van der Waals surface area contributed by atoms with E-state index in [4.69, 9.17) is 27.2 Å². The topological polar surface area (TPSA) is 63.0 Å². The van der Waals surface area contributed by atoms with Crippen molar-refractivity contribution in [1.29, 1.82) is 5.41 Å². The summed E-state index contributed by atoms with van der Waals surface area (Å²) in [6.07, 6.45) is 1.63. The van der Waals surface area contributed by atoms with Crippen LogP contribution < -0.4 is 5.73 Å². The van der Waals surface area contributed by atoms with Gasteiger partial charge >= 0.3 is 0 Å². The maximum atomic E-state index is 7.53. The third kappa shape index (κ3) is 2.65. The smallest absolute Gasteiger partial charge is 0.123 e. The molecule has 0 saturated carbocycles. The standard InChI is InChI=1S/C12H11ClN2OS/c1-7-10(4-5-16-7)17-11-6-8(13)2-3-9(11)12(14)15/h2-6H,1H3,(H3,14,15). The number of nitrogen functional groups attached to an aromatic ring is 1. The van der Waals surface area contributed by atoms with Crippen molar-refractivity contribution < 1.29 is 4.42 Å². The summed E-state index contributed by atoms with van der Waals surface area (Å²) < 4.78 is 5.23. The molecular formula is C12H11ClN2OS. The molecule has 2 rings (SSSR count). The van der Waals surface area contributed by atoms with Crippen molar-refractivity contribution in [2.24, 2.45) is 5.73 Å². The predicted octanol–water partition coefficient (Wildman–Crippen LogP) is 3.68. The summed E-state index contributed by atoms with van der Waals surface area (Å²) in [5, 5.41) is 8.15. The first-order chi connectivity index (χ1) is 8.08. The number of furan rings is 1. The normalized spacial score (nSPS) is 10.5. The lowest BCUT2D eigenvalue weighted by atomic mass is 10.2. The lowest BCUT2D eigenvalue weighted by Gasteiger charge is -2.07. The first-order valence-electron chi connectivity index (χ1n) is 4.94. The summed E-state index contributed by atoms with van der Waals surface area (Å²) in [7, 11) is 0. The van der Waals surface area contributed by atoms with Crippen molar-refractivity contribution in [2.75, 3.05) is 0 Å². The number of aryl methyl sites for hydroxylation is 1. The van der Waals surface area contributed by atoms with Gasteiger partial charge in [0.2, 0.25) is 0 Å². The Balaban J connectivity index is 2.41. The fourth-order valence-electron chi connectivity index (χ4n) is 1.40. The van der Waals surface area contributed by atoms with E-state index < -0.39 is 0 Å². The Kier molecular flexibility index (Phi) is 3.45. The second-order valence-corrected chi connectivity index (χ2v) is 5.02. The molecule has 1 aromatic heterocycles. The quantitative estimate of drug-likeness (QED) is 0.658. The molecule has 0 bridgehead atoms. The molecule has 5 heteroatoms. The van der Waals surface area contributed by atoms with E-state index in [1.54, 1.807) is 24.5 Å². The zero-order valence-electron chi connectivity index (χ0n) is 9.16. The van der Waals surface area contributed by atoms with Gasteiger partial charge in [-0.15, -0.1) is 0 Å². The summed E-state index contributed by atoms with van der Waals surface area (Å²) in [5.74, 6) is 0.870. The number of amidine groups is 1. The highest BCUT2D eigenvalue weighted by atomic mass is 35.5. The lowest BCUT2D eigenvalue weighted by molar-refractivity contribution is 0.527. The molecule has 0 spiro atoms. The van der Waals surface area contributed by atoms with E-state index >= 15 is 0 Å². The van der Waals surface area contributed by atoms with Gasteiger partial charge in [-0.2, -0.15) is 0 Å². The molecule has 0 saturated heterocycles. The maximum absolute atomic E-state index is 7.53. The van der Waals surface area contributed by atoms with E-state index in [1.165, 1.54) is 11.8 Å². The molecule has 88 valence electrons. The average Bonchev–Trinajstić information content (AvgIpc) is 2.64. The van der Waals surface area contributed by atoms with Gasteiger partial charge in [-0.1, -0.05) is 23.4 Å². The molecule has 2 aromatic rings. The molecular weight excluding hydrogens is 256 g/mol. The molecule has 3 nitrogen and oxygen atoms in total. The summed E-state index contributed by atoms with van der Waals surface area (Å²) >= 11 is 7.44. The molecule has 0 aliphatic rings. The number of rotatable bonds is 3. The molecule has 0 unspecified atom stereocenters. The minimum absolute atomic E-state index is 0.0327. The van der Waals surface area contributed by atoms with Crippen LogP contribution in [0.25, 0.3) is 0 Å². The molecule has 1 aromatic carbocycles. The van der Waals surface area contributed by atoms with E-state index in [1.807, 2.05) is 13.0 Å². The van der Waals surface area contributed by atoms with Gasteiger partial charge in [0.05, 0.1) is 11.2 Å². The Morgan fingerprint density at radius 2 is 2.12 bits per heavy atom. The van der Waals surface area contributed by atoms with Crippen molar-refractivity contribution in [3.05, 3.63) is 46.9 Å². The van der Waals surface area contributed by atoms with Crippen LogP contribution in [0.1, 0.15) is 11.3 Å². The zero-order valence-corrected chi connectivity index (χ0v) is 10.7. The number of hydrogen-bond donors (Lipinski definition) is 2. The van der Waals surface area contributed by atoms with Crippen LogP contribution in [0.3, 0.4) is 0 Å². The summed E-state index contributed by atoms with van der Waals surface area (Å²) in [4.78, 5) is 1.85. The Bertz CT molecular complexity index is 565. The molecule has 0 amide bonds. The van der Waals surface area contributed by atoms with Crippen LogP contribution >= 0.6 is 23.4 Å². The number of halogens is 1. The SMILES string of the molecule is Cc1occc1Sc1cc(Cl)ccc1C(=N)N. The molecule has 3 N–H and O–H groups in total. The Labute approximate surface area is 108 Å². The minimum atomic E-state index is 0.0327. The van der Waals surface area contributed by atoms with E-state index in [0.717, 1.165) is 15.6 Å². The molecule has 17 heavy (non-hydrogen) atoms. The van der Waals surface area contributed by atoms with Gasteiger partial charge in [-0.25, -0.2) is 0 Å². The minimum Gasteiger partial charge on any atom is -0.468 e. The van der Waals surface area contributed by atoms with Crippen molar-refractivity contribution >= 4 is 29.2 Å². The van der Waals surface area contributed by atoms with Crippen molar-refractivity contribution in [3.63, 3.8) is 0 Å². The predicted molar refractivity (Wildman–Crippen MR) is 70.0 cm³/mol. The van der Waals surface area contributed by atoms with Gasteiger partial charge in [0, 0.05) is 15.5 Å². The van der Waals surface area contributed by atoms with E-state index in [9.17, 15) is 0 Å². The molecule has 0 aliphatic carbocycles. The lowest BCUT2D eigenvalue weighted by Crippen LogP contribution is -2.12. The second kappa shape index (κ2) is 4.85. The first kappa shape index (κ1) is 12.1. The number of benzene rings is 1. The van der Waals surface area contributed by atoms with Crippen molar-refractivity contribution in [1.82, 2.24) is 0 Å². The average molecular weight is 267 g/mol. The van der Waals surface area contributed by atoms with Crippen LogP contribution in [0, 0.1) is 12.3 Å². The monoisotopic (exact) mass is 266 g/mol. The number of nitrogens with one attached hydrogen (secondary N) is 1. The summed E-state index contributed by atoms with van der Waals surface area (Å²) in [6.45, 7) is 1.89. The van der Waals surface area contributed by atoms with Gasteiger partial charge in [0.25, 0.3) is 0 Å². The van der Waals surface area contributed by atoms with E-state index in [-0.39, 0.29) is 5.84 Å². The van der Waals surface area contributed by atoms with Crippen LogP contribution in [0.15, 0.2) is 44.7 Å². The van der Waals surface area contributed by atoms with Crippen LogP contribution in [-0.2, 0) is 0 Å². The molecule has 0 fully saturated rings. The second-order valence-electron chi connectivity index (χ2n) is 3.50. The fourth-order valence-corrected chi connectivity index (χ4v) is 2.66. The van der Waals surface area contributed by atoms with Crippen LogP contribution in [0.5, 0.6) is 0 Å². The van der Waals surface area contributed by atoms with Crippen LogP contribution in [0.4, 0.5) is 0 Å². The van der Waals surface area contributed by atoms with Crippen LogP contribution in [0.2, 0.25) is 5.02 Å².